The zero-order valence-electron chi connectivity index (χ0n) is 16.7. The van der Waals surface area contributed by atoms with Gasteiger partial charge in [0.1, 0.15) is 0 Å². The Bertz CT molecular complexity index is 952. The molecule has 1 aromatic carbocycles. The Morgan fingerprint density at radius 2 is 1.81 bits per heavy atom. The predicted octanol–water partition coefficient (Wildman–Crippen LogP) is 3.78. The van der Waals surface area contributed by atoms with E-state index in [0.717, 1.165) is 42.9 Å². The highest BCUT2D eigenvalue weighted by atomic mass is 16.2. The molecule has 2 aliphatic heterocycles. The van der Waals surface area contributed by atoms with Crippen LogP contribution in [0.25, 0.3) is 11.1 Å². The minimum atomic E-state index is 0.0673. The fraction of sp³-hybridized carbons (Fsp3) is 0.478. The van der Waals surface area contributed by atoms with Crippen molar-refractivity contribution in [1.29, 1.82) is 0 Å². The predicted molar refractivity (Wildman–Crippen MR) is 108 cm³/mol. The van der Waals surface area contributed by atoms with Crippen LogP contribution in [0.1, 0.15) is 51.3 Å². The second-order valence-electron chi connectivity index (χ2n) is 9.17. The zero-order chi connectivity index (χ0) is 19.3. The van der Waals surface area contributed by atoms with Crippen LogP contribution in [-0.2, 0) is 16.8 Å². The van der Waals surface area contributed by atoms with E-state index in [1.807, 2.05) is 9.47 Å². The lowest BCUT2D eigenvalue weighted by atomic mass is 9.82. The average molecular weight is 364 g/mol. The molecule has 1 saturated heterocycles. The van der Waals surface area contributed by atoms with Gasteiger partial charge in [-0.2, -0.15) is 0 Å². The van der Waals surface area contributed by atoms with Crippen molar-refractivity contribution in [2.24, 2.45) is 5.92 Å². The molecule has 0 unspecified atom stereocenters. The van der Waals surface area contributed by atoms with Crippen LogP contribution in [0.3, 0.4) is 0 Å². The standard InChI is InChI=1S/C23H28N2O2/c1-15(26)24-12-16-8-19(14-24)21-10-18(11-22(27)25(21)13-16)17-6-5-7-20(9-17)23(2,3)4/h5-7,9-11,16,19H,8,12-14H2,1-4H3/t16-,19+/m0/s1. The first-order chi connectivity index (χ1) is 12.7. The average Bonchev–Trinajstić information content (AvgIpc) is 2.61. The maximum absolute atomic E-state index is 12.9. The number of benzene rings is 1. The number of pyridine rings is 1. The lowest BCUT2D eigenvalue weighted by Crippen LogP contribution is -2.48. The number of rotatable bonds is 1. The van der Waals surface area contributed by atoms with Crippen molar-refractivity contribution in [2.75, 3.05) is 13.1 Å². The Kier molecular flexibility index (Phi) is 4.25. The van der Waals surface area contributed by atoms with Crippen LogP contribution < -0.4 is 5.56 Å². The normalized spacial score (nSPS) is 21.7. The fourth-order valence-corrected chi connectivity index (χ4v) is 4.55. The van der Waals surface area contributed by atoms with Crippen molar-refractivity contribution in [3.05, 3.63) is 58.0 Å². The molecule has 27 heavy (non-hydrogen) atoms. The van der Waals surface area contributed by atoms with Crippen LogP contribution >= 0.6 is 0 Å². The smallest absolute Gasteiger partial charge is 0.251 e. The Balaban J connectivity index is 1.77. The third-order valence-electron chi connectivity index (χ3n) is 6.06. The van der Waals surface area contributed by atoms with Crippen molar-refractivity contribution in [3.8, 4) is 11.1 Å². The molecule has 4 heteroatoms. The van der Waals surface area contributed by atoms with Crippen LogP contribution in [0.15, 0.2) is 41.2 Å². The summed E-state index contributed by atoms with van der Waals surface area (Å²) in [5.74, 6) is 0.766. The number of fused-ring (bicyclic) bond motifs is 4. The number of aromatic nitrogens is 1. The maximum Gasteiger partial charge on any atom is 0.251 e. The van der Waals surface area contributed by atoms with E-state index in [1.54, 1.807) is 13.0 Å². The quantitative estimate of drug-likeness (QED) is 0.773. The van der Waals surface area contributed by atoms with E-state index in [4.69, 9.17) is 0 Å². The van der Waals surface area contributed by atoms with Gasteiger partial charge in [0.15, 0.2) is 0 Å². The highest BCUT2D eigenvalue weighted by molar-refractivity contribution is 5.73. The first-order valence-corrected chi connectivity index (χ1v) is 9.83. The molecule has 1 fully saturated rings. The van der Waals surface area contributed by atoms with E-state index < -0.39 is 0 Å². The summed E-state index contributed by atoms with van der Waals surface area (Å²) in [5.41, 5.74) is 4.56. The lowest BCUT2D eigenvalue weighted by Gasteiger charge is -2.42. The molecule has 4 nitrogen and oxygen atoms in total. The molecular formula is C23H28N2O2. The number of hydrogen-bond acceptors (Lipinski definition) is 2. The minimum absolute atomic E-state index is 0.0673. The van der Waals surface area contributed by atoms with Crippen LogP contribution in [0, 0.1) is 5.92 Å². The van der Waals surface area contributed by atoms with Crippen molar-refractivity contribution >= 4 is 5.91 Å². The van der Waals surface area contributed by atoms with E-state index >= 15 is 0 Å². The van der Waals surface area contributed by atoms with Gasteiger partial charge in [0.2, 0.25) is 5.91 Å². The van der Waals surface area contributed by atoms with Gasteiger partial charge in [0.25, 0.3) is 5.56 Å². The van der Waals surface area contributed by atoms with Crippen molar-refractivity contribution in [2.45, 2.75) is 52.0 Å². The first kappa shape index (κ1) is 18.0. The highest BCUT2D eigenvalue weighted by Gasteiger charge is 2.35. The third-order valence-corrected chi connectivity index (χ3v) is 6.06. The van der Waals surface area contributed by atoms with Gasteiger partial charge in [-0.3, -0.25) is 9.59 Å². The molecule has 2 bridgehead atoms. The van der Waals surface area contributed by atoms with Gasteiger partial charge in [-0.05, 0) is 40.5 Å². The number of carbonyl (C=O) groups is 1. The largest absolute Gasteiger partial charge is 0.342 e. The van der Waals surface area contributed by atoms with E-state index in [1.165, 1.54) is 5.56 Å². The topological polar surface area (TPSA) is 42.3 Å². The van der Waals surface area contributed by atoms with Crippen LogP contribution in [0.5, 0.6) is 0 Å². The van der Waals surface area contributed by atoms with Gasteiger partial charge in [0, 0.05) is 44.2 Å². The van der Waals surface area contributed by atoms with Crippen LogP contribution in [-0.4, -0.2) is 28.5 Å². The van der Waals surface area contributed by atoms with Gasteiger partial charge in [-0.1, -0.05) is 45.0 Å². The van der Waals surface area contributed by atoms with Crippen LogP contribution in [0.4, 0.5) is 0 Å². The summed E-state index contributed by atoms with van der Waals surface area (Å²) in [6, 6.07) is 12.4. The highest BCUT2D eigenvalue weighted by Crippen LogP contribution is 2.37. The summed E-state index contributed by atoms with van der Waals surface area (Å²) in [5, 5.41) is 0. The molecule has 0 radical (unpaired) electrons. The van der Waals surface area contributed by atoms with E-state index in [9.17, 15) is 9.59 Å². The van der Waals surface area contributed by atoms with Crippen molar-refractivity contribution in [1.82, 2.24) is 9.47 Å². The number of carbonyl (C=O) groups excluding carboxylic acids is 1. The van der Waals surface area contributed by atoms with E-state index in [2.05, 4.69) is 51.1 Å². The second kappa shape index (κ2) is 6.36. The van der Waals surface area contributed by atoms with Crippen molar-refractivity contribution in [3.63, 3.8) is 0 Å². The Morgan fingerprint density at radius 3 is 2.52 bits per heavy atom. The summed E-state index contributed by atoms with van der Waals surface area (Å²) in [6.45, 7) is 10.5. The molecular weight excluding hydrogens is 336 g/mol. The third kappa shape index (κ3) is 3.33. The lowest BCUT2D eigenvalue weighted by molar-refractivity contribution is -0.131. The van der Waals surface area contributed by atoms with E-state index in [-0.39, 0.29) is 22.8 Å². The molecule has 142 valence electrons. The van der Waals surface area contributed by atoms with Gasteiger partial charge in [0.05, 0.1) is 0 Å². The summed E-state index contributed by atoms with van der Waals surface area (Å²) >= 11 is 0. The summed E-state index contributed by atoms with van der Waals surface area (Å²) in [4.78, 5) is 26.7. The van der Waals surface area contributed by atoms with Crippen molar-refractivity contribution < 1.29 is 4.79 Å². The first-order valence-electron chi connectivity index (χ1n) is 9.83. The zero-order valence-corrected chi connectivity index (χ0v) is 16.7. The van der Waals surface area contributed by atoms with Crippen LogP contribution in [0.2, 0.25) is 0 Å². The number of likely N-dealkylation sites (tertiary alicyclic amines) is 1. The number of piperidine rings is 1. The molecule has 0 spiro atoms. The molecule has 1 amide bonds. The molecule has 2 atom stereocenters. The fourth-order valence-electron chi connectivity index (χ4n) is 4.55. The van der Waals surface area contributed by atoms with Gasteiger partial charge in [-0.15, -0.1) is 0 Å². The molecule has 4 rings (SSSR count). The van der Waals surface area contributed by atoms with Gasteiger partial charge >= 0.3 is 0 Å². The molecule has 0 aliphatic carbocycles. The molecule has 2 aromatic rings. The molecule has 1 aromatic heterocycles. The number of nitrogens with zero attached hydrogens (tertiary/aromatic N) is 2. The Labute approximate surface area is 160 Å². The monoisotopic (exact) mass is 364 g/mol. The Hall–Kier alpha value is -2.36. The Morgan fingerprint density at radius 1 is 1.04 bits per heavy atom. The summed E-state index contributed by atoms with van der Waals surface area (Å²) in [7, 11) is 0. The number of amides is 1. The molecule has 0 N–H and O–H groups in total. The minimum Gasteiger partial charge on any atom is -0.342 e. The summed E-state index contributed by atoms with van der Waals surface area (Å²) < 4.78 is 1.94. The van der Waals surface area contributed by atoms with Gasteiger partial charge < -0.3 is 9.47 Å². The number of hydrogen-bond donors (Lipinski definition) is 0. The van der Waals surface area contributed by atoms with E-state index in [0.29, 0.717) is 5.92 Å². The molecule has 0 saturated carbocycles. The molecule has 2 aliphatic rings. The van der Waals surface area contributed by atoms with Gasteiger partial charge in [-0.25, -0.2) is 0 Å². The molecule has 3 heterocycles. The second-order valence-corrected chi connectivity index (χ2v) is 9.17. The SMILES string of the molecule is CC(=O)N1C[C@@H]2C[C@H](C1)c1cc(-c3cccc(C(C)(C)C)c3)cc(=O)n1C2. The maximum atomic E-state index is 12.9. The summed E-state index contributed by atoms with van der Waals surface area (Å²) in [6.07, 6.45) is 1.06.